The molecule has 1 N–H and O–H groups in total. The van der Waals surface area contributed by atoms with E-state index in [4.69, 9.17) is 5.11 Å². The van der Waals surface area contributed by atoms with Crippen LogP contribution < -0.4 is 0 Å². The average Bonchev–Trinajstić information content (AvgIpc) is 2.01. The maximum atomic E-state index is 12.3. The second-order valence-corrected chi connectivity index (χ2v) is 3.42. The Labute approximate surface area is 77.9 Å². The molecule has 0 spiro atoms. The maximum absolute atomic E-state index is 12.3. The molecule has 0 aromatic carbocycles. The van der Waals surface area contributed by atoms with Crippen LogP contribution in [0.4, 0.5) is 13.2 Å². The van der Waals surface area contributed by atoms with Crippen LogP contribution >= 0.6 is 0 Å². The van der Waals surface area contributed by atoms with Gasteiger partial charge in [-0.2, -0.15) is 13.2 Å². The first kappa shape index (κ1) is 11.2. The van der Waals surface area contributed by atoms with Gasteiger partial charge in [-0.05, 0) is 12.8 Å². The van der Waals surface area contributed by atoms with E-state index in [2.05, 4.69) is 0 Å². The number of nitrogens with zero attached hydrogens (tertiary/aromatic N) is 1. The average molecular weight is 213 g/mol. The predicted octanol–water partition coefficient (Wildman–Crippen LogP) is 1.35. The Bertz CT molecular complexity index is 231. The van der Waals surface area contributed by atoms with Gasteiger partial charge in [0.05, 0.1) is 6.10 Å². The molecule has 1 saturated carbocycles. The second kappa shape index (κ2) is 3.72. The molecule has 0 aliphatic heterocycles. The van der Waals surface area contributed by atoms with Crippen LogP contribution in [0.3, 0.4) is 0 Å². The van der Waals surface area contributed by atoms with E-state index >= 15 is 0 Å². The second-order valence-electron chi connectivity index (χ2n) is 3.42. The minimum atomic E-state index is -4.70. The van der Waals surface area contributed by atoms with Crippen molar-refractivity contribution < 1.29 is 23.2 Å². The van der Waals surface area contributed by atoms with E-state index in [1.807, 2.05) is 0 Å². The van der Waals surface area contributed by atoms with Gasteiger partial charge in [0.15, 0.2) is 0 Å². The summed E-state index contributed by atoms with van der Waals surface area (Å²) in [6.07, 6.45) is -6.21. The van der Waals surface area contributed by atoms with Crippen LogP contribution in [0.25, 0.3) is 0 Å². The molecule has 0 aromatic heterocycles. The molecule has 7 heteroatoms. The van der Waals surface area contributed by atoms with Crippen molar-refractivity contribution in [2.24, 2.45) is 5.92 Å². The van der Waals surface area contributed by atoms with Crippen LogP contribution in [0.1, 0.15) is 19.3 Å². The number of aliphatic hydroxyl groups excluding tert-OH is 1. The van der Waals surface area contributed by atoms with Crippen LogP contribution in [-0.4, -0.2) is 28.4 Å². The zero-order chi connectivity index (χ0) is 10.9. The molecule has 1 rings (SSSR count). The lowest BCUT2D eigenvalue weighted by Gasteiger charge is -2.31. The molecule has 14 heavy (non-hydrogen) atoms. The first-order valence-corrected chi connectivity index (χ1v) is 4.22. The van der Waals surface area contributed by atoms with Crippen LogP contribution in [-0.2, 0) is 0 Å². The summed E-state index contributed by atoms with van der Waals surface area (Å²) in [5, 5.41) is 19.5. The predicted molar refractivity (Wildman–Crippen MR) is 40.2 cm³/mol. The molecule has 82 valence electrons. The molecule has 1 aliphatic rings. The van der Waals surface area contributed by atoms with Crippen LogP contribution in [0.2, 0.25) is 0 Å². The first-order chi connectivity index (χ1) is 6.34. The molecule has 0 heterocycles. The fraction of sp³-hybridized carbons (Fsp3) is 1.00. The van der Waals surface area contributed by atoms with Gasteiger partial charge in [0, 0.05) is 11.3 Å². The van der Waals surface area contributed by atoms with Gasteiger partial charge in [0.25, 0.3) is 0 Å². The lowest BCUT2D eigenvalue weighted by atomic mass is 9.82. The Morgan fingerprint density at radius 3 is 2.29 bits per heavy atom. The first-order valence-electron chi connectivity index (χ1n) is 4.22. The molecule has 0 aromatic rings. The lowest BCUT2D eigenvalue weighted by Crippen LogP contribution is -2.48. The van der Waals surface area contributed by atoms with Gasteiger partial charge < -0.3 is 5.11 Å². The summed E-state index contributed by atoms with van der Waals surface area (Å²) >= 11 is 0. The number of hydrogen-bond donors (Lipinski definition) is 1. The highest BCUT2D eigenvalue weighted by molar-refractivity contribution is 4.86. The summed E-state index contributed by atoms with van der Waals surface area (Å²) in [4.78, 5) is 9.41. The smallest absolute Gasteiger partial charge is 0.392 e. The van der Waals surface area contributed by atoms with Crippen molar-refractivity contribution in [3.63, 3.8) is 0 Å². The number of nitro groups is 1. The Morgan fingerprint density at radius 1 is 1.36 bits per heavy atom. The molecule has 1 fully saturated rings. The van der Waals surface area contributed by atoms with E-state index in [0.29, 0.717) is 0 Å². The summed E-state index contributed by atoms with van der Waals surface area (Å²) in [6, 6.07) is -1.70. The highest BCUT2D eigenvalue weighted by Crippen LogP contribution is 2.39. The Kier molecular flexibility index (Phi) is 2.98. The Balaban J connectivity index is 2.87. The van der Waals surface area contributed by atoms with E-state index in [9.17, 15) is 23.3 Å². The summed E-state index contributed by atoms with van der Waals surface area (Å²) in [5.74, 6) is -2.22. The zero-order valence-electron chi connectivity index (χ0n) is 7.20. The number of rotatable bonds is 1. The normalized spacial score (nSPS) is 34.1. The van der Waals surface area contributed by atoms with Crippen molar-refractivity contribution in [3.8, 4) is 0 Å². The molecule has 0 bridgehead atoms. The van der Waals surface area contributed by atoms with Gasteiger partial charge in [0.2, 0.25) is 6.04 Å². The van der Waals surface area contributed by atoms with Crippen molar-refractivity contribution >= 4 is 0 Å². The van der Waals surface area contributed by atoms with E-state index in [1.165, 1.54) is 0 Å². The molecule has 0 amide bonds. The Hall–Kier alpha value is -0.850. The Morgan fingerprint density at radius 2 is 1.93 bits per heavy atom. The van der Waals surface area contributed by atoms with E-state index in [1.54, 1.807) is 0 Å². The van der Waals surface area contributed by atoms with Gasteiger partial charge in [-0.15, -0.1) is 0 Å². The monoisotopic (exact) mass is 213 g/mol. The zero-order valence-corrected chi connectivity index (χ0v) is 7.20. The molecule has 3 unspecified atom stereocenters. The molecule has 0 saturated heterocycles. The number of aliphatic hydroxyl groups is 1. The van der Waals surface area contributed by atoms with Crippen molar-refractivity contribution in [2.75, 3.05) is 0 Å². The van der Waals surface area contributed by atoms with Crippen molar-refractivity contribution in [3.05, 3.63) is 10.1 Å². The molecular formula is C7H10F3NO3. The maximum Gasteiger partial charge on any atom is 0.400 e. The van der Waals surface area contributed by atoms with Gasteiger partial charge in [-0.25, -0.2) is 0 Å². The topological polar surface area (TPSA) is 63.4 Å². The molecule has 0 radical (unpaired) electrons. The number of halogens is 3. The summed E-state index contributed by atoms with van der Waals surface area (Å²) < 4.78 is 37.0. The van der Waals surface area contributed by atoms with E-state index in [-0.39, 0.29) is 19.3 Å². The van der Waals surface area contributed by atoms with Crippen molar-refractivity contribution in [1.82, 2.24) is 0 Å². The van der Waals surface area contributed by atoms with E-state index in [0.717, 1.165) is 0 Å². The minimum absolute atomic E-state index is 0.0193. The molecule has 1 aliphatic carbocycles. The van der Waals surface area contributed by atoms with Crippen LogP contribution in [0.15, 0.2) is 0 Å². The SMILES string of the molecule is O=[N+]([O-])C1CCCC(O)C1C(F)(F)F. The third-order valence-electron chi connectivity index (χ3n) is 2.48. The summed E-state index contributed by atoms with van der Waals surface area (Å²) in [6.45, 7) is 0. The van der Waals surface area contributed by atoms with Crippen molar-refractivity contribution in [2.45, 2.75) is 37.6 Å². The third kappa shape index (κ3) is 2.14. The van der Waals surface area contributed by atoms with Crippen LogP contribution in [0.5, 0.6) is 0 Å². The summed E-state index contributed by atoms with van der Waals surface area (Å²) in [7, 11) is 0. The van der Waals surface area contributed by atoms with E-state index < -0.39 is 29.2 Å². The van der Waals surface area contributed by atoms with Gasteiger partial charge in [-0.3, -0.25) is 10.1 Å². The van der Waals surface area contributed by atoms with Crippen LogP contribution in [0, 0.1) is 16.0 Å². The quantitative estimate of drug-likeness (QED) is 0.528. The van der Waals surface area contributed by atoms with Gasteiger partial charge in [-0.1, -0.05) is 0 Å². The van der Waals surface area contributed by atoms with Crippen molar-refractivity contribution in [1.29, 1.82) is 0 Å². The highest BCUT2D eigenvalue weighted by Gasteiger charge is 2.55. The lowest BCUT2D eigenvalue weighted by molar-refractivity contribution is -0.549. The van der Waals surface area contributed by atoms with Gasteiger partial charge >= 0.3 is 6.18 Å². The minimum Gasteiger partial charge on any atom is -0.392 e. The largest absolute Gasteiger partial charge is 0.400 e. The molecule has 3 atom stereocenters. The standard InChI is InChI=1S/C7H10F3NO3/c8-7(9,10)6-4(11(13)14)2-1-3-5(6)12/h4-6,12H,1-3H2. The number of hydrogen-bond acceptors (Lipinski definition) is 3. The fourth-order valence-corrected chi connectivity index (χ4v) is 1.82. The van der Waals surface area contributed by atoms with Gasteiger partial charge in [0.1, 0.15) is 5.92 Å². The summed E-state index contributed by atoms with van der Waals surface area (Å²) in [5.41, 5.74) is 0. The highest BCUT2D eigenvalue weighted by atomic mass is 19.4. The molecular weight excluding hydrogens is 203 g/mol. The number of alkyl halides is 3. The third-order valence-corrected chi connectivity index (χ3v) is 2.48. The fourth-order valence-electron chi connectivity index (χ4n) is 1.82. The molecule has 4 nitrogen and oxygen atoms in total.